The summed E-state index contributed by atoms with van der Waals surface area (Å²) in [5, 5.41) is 0.774. The zero-order chi connectivity index (χ0) is 12.5. The van der Waals surface area contributed by atoms with Crippen molar-refractivity contribution < 1.29 is 4.79 Å². The second-order valence-electron chi connectivity index (χ2n) is 4.74. The first-order valence-corrected chi connectivity index (χ1v) is 6.57. The number of halogens is 1. The van der Waals surface area contributed by atoms with Gasteiger partial charge < -0.3 is 4.57 Å². The number of nitrogens with zero attached hydrogens (tertiary/aromatic N) is 1. The van der Waals surface area contributed by atoms with Crippen molar-refractivity contribution in [1.82, 2.24) is 4.57 Å². The Bertz CT molecular complexity index is 600. The summed E-state index contributed by atoms with van der Waals surface area (Å²) in [4.78, 5) is 11.8. The van der Waals surface area contributed by atoms with Gasteiger partial charge in [-0.05, 0) is 30.0 Å². The number of carbonyl (C=O) groups excluding carboxylic acids is 1. The number of fused-ring (bicyclic) bond motifs is 1. The first kappa shape index (κ1) is 11.5. The number of Topliss-reactive ketones (excluding diaryl/α,β-unsaturated/α-hetero) is 1. The number of rotatable bonds is 2. The Kier molecular flexibility index (Phi) is 2.96. The third-order valence-electron chi connectivity index (χ3n) is 3.42. The van der Waals surface area contributed by atoms with Crippen LogP contribution in [0.3, 0.4) is 0 Å². The molecule has 3 heteroatoms. The van der Waals surface area contributed by atoms with Gasteiger partial charge in [-0.2, -0.15) is 0 Å². The molecule has 0 N–H and O–H groups in total. The molecule has 2 nitrogen and oxygen atoms in total. The Morgan fingerprint density at radius 3 is 2.78 bits per heavy atom. The highest BCUT2D eigenvalue weighted by Gasteiger charge is 2.19. The molecule has 18 heavy (non-hydrogen) atoms. The van der Waals surface area contributed by atoms with Crippen LogP contribution in [0, 0.1) is 0 Å². The lowest BCUT2D eigenvalue weighted by molar-refractivity contribution is 0.0973. The van der Waals surface area contributed by atoms with Gasteiger partial charge in [0.2, 0.25) is 0 Å². The number of benzene rings is 1. The van der Waals surface area contributed by atoms with Gasteiger partial charge >= 0.3 is 0 Å². The zero-order valence-electron chi connectivity index (χ0n) is 10.0. The van der Waals surface area contributed by atoms with Crippen LogP contribution >= 0.6 is 11.6 Å². The Labute approximate surface area is 111 Å². The molecule has 0 unspecified atom stereocenters. The van der Waals surface area contributed by atoms with Gasteiger partial charge in [0.15, 0.2) is 5.78 Å². The van der Waals surface area contributed by atoms with Crippen molar-refractivity contribution in [3.05, 3.63) is 58.4 Å². The monoisotopic (exact) mass is 259 g/mol. The maximum absolute atomic E-state index is 11.8. The molecule has 0 saturated heterocycles. The van der Waals surface area contributed by atoms with Gasteiger partial charge in [0, 0.05) is 35.9 Å². The molecule has 1 aliphatic carbocycles. The minimum Gasteiger partial charge on any atom is -0.349 e. The van der Waals surface area contributed by atoms with Crippen molar-refractivity contribution in [3.63, 3.8) is 0 Å². The van der Waals surface area contributed by atoms with Gasteiger partial charge in [-0.15, -0.1) is 0 Å². The molecular formula is C15H14ClNO. The number of hydrogen-bond donors (Lipinski definition) is 0. The number of ketones is 1. The van der Waals surface area contributed by atoms with Gasteiger partial charge in [-0.25, -0.2) is 0 Å². The van der Waals surface area contributed by atoms with Gasteiger partial charge in [-0.3, -0.25) is 4.79 Å². The van der Waals surface area contributed by atoms with Crippen LogP contribution in [0.2, 0.25) is 5.02 Å². The van der Waals surface area contributed by atoms with Gasteiger partial charge in [0.1, 0.15) is 0 Å². The second-order valence-corrected chi connectivity index (χ2v) is 5.14. The molecule has 92 valence electrons. The quantitative estimate of drug-likeness (QED) is 0.806. The Hall–Kier alpha value is -1.54. The fraction of sp³-hybridized carbons (Fsp3) is 0.267. The summed E-state index contributed by atoms with van der Waals surface area (Å²) in [6, 6.07) is 7.82. The van der Waals surface area contributed by atoms with Crippen LogP contribution in [-0.4, -0.2) is 10.4 Å². The van der Waals surface area contributed by atoms with Crippen LogP contribution in [0.1, 0.15) is 34.3 Å². The van der Waals surface area contributed by atoms with Crippen molar-refractivity contribution in [2.45, 2.75) is 25.8 Å². The number of hydrogen-bond acceptors (Lipinski definition) is 1. The Morgan fingerprint density at radius 2 is 2.00 bits per heavy atom. The molecule has 0 fully saturated rings. The van der Waals surface area contributed by atoms with Crippen molar-refractivity contribution in [3.8, 4) is 0 Å². The molecule has 0 saturated carbocycles. The molecule has 0 amide bonds. The maximum atomic E-state index is 11.8. The van der Waals surface area contributed by atoms with Crippen LogP contribution in [0.25, 0.3) is 0 Å². The molecule has 0 aliphatic heterocycles. The third kappa shape index (κ3) is 2.08. The van der Waals surface area contributed by atoms with Crippen LogP contribution in [0.5, 0.6) is 0 Å². The first-order chi connectivity index (χ1) is 8.74. The summed E-state index contributed by atoms with van der Waals surface area (Å²) in [5.41, 5.74) is 3.16. The highest BCUT2D eigenvalue weighted by molar-refractivity contribution is 6.31. The van der Waals surface area contributed by atoms with E-state index in [1.807, 2.05) is 30.5 Å². The van der Waals surface area contributed by atoms with Crippen molar-refractivity contribution in [2.75, 3.05) is 0 Å². The molecule has 0 bridgehead atoms. The standard InChI is InChI=1S/C15H14ClNO/c16-14-6-2-1-4-12(14)9-17-8-11-5-3-7-15(18)13(11)10-17/h1-2,4,6,8,10H,3,5,7,9H2. The molecule has 0 spiro atoms. The van der Waals surface area contributed by atoms with Gasteiger partial charge in [0.25, 0.3) is 0 Å². The molecule has 1 aliphatic rings. The number of aryl methyl sites for hydroxylation is 1. The molecule has 3 rings (SSSR count). The molecule has 1 aromatic heterocycles. The van der Waals surface area contributed by atoms with Crippen LogP contribution in [0.15, 0.2) is 36.7 Å². The van der Waals surface area contributed by atoms with Crippen molar-refractivity contribution in [1.29, 1.82) is 0 Å². The van der Waals surface area contributed by atoms with Crippen LogP contribution in [-0.2, 0) is 13.0 Å². The van der Waals surface area contributed by atoms with E-state index in [9.17, 15) is 4.79 Å². The fourth-order valence-electron chi connectivity index (χ4n) is 2.49. The summed E-state index contributed by atoms with van der Waals surface area (Å²) in [6.07, 6.45) is 6.71. The zero-order valence-corrected chi connectivity index (χ0v) is 10.8. The van der Waals surface area contributed by atoms with Crippen molar-refractivity contribution in [2.24, 2.45) is 0 Å². The van der Waals surface area contributed by atoms with Crippen molar-refractivity contribution >= 4 is 17.4 Å². The smallest absolute Gasteiger partial charge is 0.164 e. The predicted octanol–water partition coefficient (Wildman–Crippen LogP) is 3.71. The maximum Gasteiger partial charge on any atom is 0.164 e. The van der Waals surface area contributed by atoms with E-state index in [4.69, 9.17) is 11.6 Å². The lowest BCUT2D eigenvalue weighted by atomic mass is 9.95. The average molecular weight is 260 g/mol. The average Bonchev–Trinajstić information content (AvgIpc) is 2.76. The molecular weight excluding hydrogens is 246 g/mol. The predicted molar refractivity (Wildman–Crippen MR) is 72.3 cm³/mol. The third-order valence-corrected chi connectivity index (χ3v) is 3.79. The number of carbonyl (C=O) groups is 1. The SMILES string of the molecule is O=C1CCCc2cn(Cc3ccccc3Cl)cc21. The van der Waals surface area contributed by atoms with E-state index in [0.29, 0.717) is 6.42 Å². The van der Waals surface area contributed by atoms with Gasteiger partial charge in [-0.1, -0.05) is 29.8 Å². The summed E-state index contributed by atoms with van der Waals surface area (Å²) in [6.45, 7) is 0.722. The molecule has 0 radical (unpaired) electrons. The normalized spacial score (nSPS) is 14.6. The number of aromatic nitrogens is 1. The van der Waals surface area contributed by atoms with E-state index in [2.05, 4.69) is 10.8 Å². The van der Waals surface area contributed by atoms with Crippen LogP contribution < -0.4 is 0 Å². The lowest BCUT2D eigenvalue weighted by Gasteiger charge is -2.07. The highest BCUT2D eigenvalue weighted by Crippen LogP contribution is 2.23. The minimum absolute atomic E-state index is 0.272. The first-order valence-electron chi connectivity index (χ1n) is 6.19. The van der Waals surface area contributed by atoms with Gasteiger partial charge in [0.05, 0.1) is 0 Å². The van der Waals surface area contributed by atoms with E-state index in [1.165, 1.54) is 5.56 Å². The second kappa shape index (κ2) is 4.62. The summed E-state index contributed by atoms with van der Waals surface area (Å²) in [5.74, 6) is 0.272. The van der Waals surface area contributed by atoms with E-state index < -0.39 is 0 Å². The molecule has 1 heterocycles. The van der Waals surface area contributed by atoms with E-state index in [0.717, 1.165) is 35.5 Å². The summed E-state index contributed by atoms with van der Waals surface area (Å²) in [7, 11) is 0. The Morgan fingerprint density at radius 1 is 1.17 bits per heavy atom. The molecule has 1 aromatic carbocycles. The molecule has 0 atom stereocenters. The van der Waals surface area contributed by atoms with E-state index >= 15 is 0 Å². The van der Waals surface area contributed by atoms with Crippen LogP contribution in [0.4, 0.5) is 0 Å². The Balaban J connectivity index is 1.90. The highest BCUT2D eigenvalue weighted by atomic mass is 35.5. The largest absolute Gasteiger partial charge is 0.349 e. The lowest BCUT2D eigenvalue weighted by Crippen LogP contribution is -2.07. The summed E-state index contributed by atoms with van der Waals surface area (Å²) >= 11 is 6.15. The molecule has 2 aromatic rings. The topological polar surface area (TPSA) is 22.0 Å². The van der Waals surface area contributed by atoms with E-state index in [-0.39, 0.29) is 5.78 Å². The minimum atomic E-state index is 0.272. The summed E-state index contributed by atoms with van der Waals surface area (Å²) < 4.78 is 2.06. The van der Waals surface area contributed by atoms with E-state index in [1.54, 1.807) is 0 Å². The fourth-order valence-corrected chi connectivity index (χ4v) is 2.69.